The van der Waals surface area contributed by atoms with E-state index in [1.165, 1.54) is 16.7 Å². The number of carbonyl (C=O) groups excluding carboxylic acids is 2. The van der Waals surface area contributed by atoms with Crippen LogP contribution in [0.2, 0.25) is 0 Å². The minimum Gasteiger partial charge on any atom is -0.466 e. The van der Waals surface area contributed by atoms with Gasteiger partial charge in [0.05, 0.1) is 18.8 Å². The molecule has 0 unspecified atom stereocenters. The lowest BCUT2D eigenvalue weighted by Crippen LogP contribution is -2.31. The Balaban J connectivity index is 2.33. The minimum absolute atomic E-state index is 0.0238. The van der Waals surface area contributed by atoms with Crippen molar-refractivity contribution < 1.29 is 14.3 Å². The Morgan fingerprint density at radius 3 is 2.93 bits per heavy atom. The molecule has 0 N–H and O–H groups in total. The Morgan fingerprint density at radius 1 is 1.71 bits per heavy atom. The van der Waals surface area contributed by atoms with Crippen molar-refractivity contribution in [1.82, 2.24) is 4.90 Å². The Kier molecular flexibility index (Phi) is 4.34. The van der Waals surface area contributed by atoms with Gasteiger partial charge in [-0.1, -0.05) is 24.0 Å². The summed E-state index contributed by atoms with van der Waals surface area (Å²) < 4.78 is 5.30. The third kappa shape index (κ3) is 2.95. The predicted molar refractivity (Wildman–Crippen MR) is 58.0 cm³/mol. The van der Waals surface area contributed by atoms with Gasteiger partial charge in [0.2, 0.25) is 5.91 Å². The SMILES string of the molecule is CCOC(=O)CCN1C(=O)CSC1=S. The van der Waals surface area contributed by atoms with E-state index in [2.05, 4.69) is 0 Å². The van der Waals surface area contributed by atoms with Crippen LogP contribution in [0.1, 0.15) is 13.3 Å². The van der Waals surface area contributed by atoms with Crippen LogP contribution in [0.5, 0.6) is 0 Å². The molecule has 4 nitrogen and oxygen atoms in total. The van der Waals surface area contributed by atoms with E-state index < -0.39 is 0 Å². The maximum Gasteiger partial charge on any atom is 0.307 e. The maximum atomic E-state index is 11.2. The summed E-state index contributed by atoms with van der Waals surface area (Å²) in [6, 6.07) is 0. The van der Waals surface area contributed by atoms with Gasteiger partial charge < -0.3 is 4.74 Å². The summed E-state index contributed by atoms with van der Waals surface area (Å²) in [7, 11) is 0. The number of esters is 1. The van der Waals surface area contributed by atoms with Crippen molar-refractivity contribution in [2.24, 2.45) is 0 Å². The largest absolute Gasteiger partial charge is 0.466 e. The molecule has 1 amide bonds. The van der Waals surface area contributed by atoms with Crippen LogP contribution in [0.15, 0.2) is 0 Å². The molecule has 1 aliphatic heterocycles. The Labute approximate surface area is 92.0 Å². The van der Waals surface area contributed by atoms with Crippen molar-refractivity contribution in [2.75, 3.05) is 18.9 Å². The number of nitrogens with zero attached hydrogens (tertiary/aromatic N) is 1. The zero-order chi connectivity index (χ0) is 10.6. The molecule has 0 bridgehead atoms. The zero-order valence-electron chi connectivity index (χ0n) is 7.82. The molecule has 0 aliphatic carbocycles. The number of carbonyl (C=O) groups is 2. The lowest BCUT2D eigenvalue weighted by atomic mass is 10.4. The standard InChI is InChI=1S/C8H11NO3S2/c1-2-12-7(11)3-4-9-6(10)5-14-8(9)13/h2-5H2,1H3. The van der Waals surface area contributed by atoms with Crippen LogP contribution < -0.4 is 0 Å². The van der Waals surface area contributed by atoms with Gasteiger partial charge in [0, 0.05) is 6.54 Å². The molecule has 0 atom stereocenters. The molecule has 78 valence electrons. The summed E-state index contributed by atoms with van der Waals surface area (Å²) in [6.45, 7) is 2.45. The fourth-order valence-corrected chi connectivity index (χ4v) is 2.15. The third-order valence-corrected chi connectivity index (χ3v) is 3.12. The van der Waals surface area contributed by atoms with Gasteiger partial charge in [-0.2, -0.15) is 0 Å². The molecule has 6 heteroatoms. The van der Waals surface area contributed by atoms with Crippen molar-refractivity contribution in [3.05, 3.63) is 0 Å². The average Bonchev–Trinajstić information content (AvgIpc) is 2.44. The molecule has 14 heavy (non-hydrogen) atoms. The number of ether oxygens (including phenoxy) is 1. The van der Waals surface area contributed by atoms with Gasteiger partial charge >= 0.3 is 5.97 Å². The van der Waals surface area contributed by atoms with Crippen molar-refractivity contribution in [3.8, 4) is 0 Å². The van der Waals surface area contributed by atoms with Gasteiger partial charge in [0.15, 0.2) is 0 Å². The number of rotatable bonds is 4. The van der Waals surface area contributed by atoms with Gasteiger partial charge in [-0.05, 0) is 6.92 Å². The number of hydrogen-bond acceptors (Lipinski definition) is 5. The number of amides is 1. The molecule has 0 radical (unpaired) electrons. The van der Waals surface area contributed by atoms with Crippen molar-refractivity contribution >= 4 is 40.2 Å². The summed E-state index contributed by atoms with van der Waals surface area (Å²) in [5.41, 5.74) is 0. The first-order valence-corrected chi connectivity index (χ1v) is 5.67. The molecule has 0 spiro atoms. The highest BCUT2D eigenvalue weighted by atomic mass is 32.2. The highest BCUT2D eigenvalue weighted by Crippen LogP contribution is 2.19. The molecular weight excluding hydrogens is 222 g/mol. The minimum atomic E-state index is -0.292. The lowest BCUT2D eigenvalue weighted by Gasteiger charge is -2.13. The highest BCUT2D eigenvalue weighted by Gasteiger charge is 2.26. The first kappa shape index (κ1) is 11.5. The third-order valence-electron chi connectivity index (χ3n) is 1.69. The summed E-state index contributed by atoms with van der Waals surface area (Å²) in [4.78, 5) is 23.7. The van der Waals surface area contributed by atoms with Crippen LogP contribution >= 0.6 is 24.0 Å². The van der Waals surface area contributed by atoms with Crippen molar-refractivity contribution in [1.29, 1.82) is 0 Å². The number of thioether (sulfide) groups is 1. The summed E-state index contributed by atoms with van der Waals surface area (Å²) >= 11 is 6.28. The van der Waals surface area contributed by atoms with Gasteiger partial charge in [-0.15, -0.1) is 0 Å². The molecule has 0 aromatic heterocycles. The van der Waals surface area contributed by atoms with Crippen molar-refractivity contribution in [2.45, 2.75) is 13.3 Å². The van der Waals surface area contributed by atoms with Gasteiger partial charge in [0.1, 0.15) is 4.32 Å². The second-order valence-corrected chi connectivity index (χ2v) is 4.26. The van der Waals surface area contributed by atoms with E-state index in [-0.39, 0.29) is 18.3 Å². The first-order chi connectivity index (χ1) is 6.65. The van der Waals surface area contributed by atoms with Crippen LogP contribution in [0, 0.1) is 0 Å². The molecule has 0 aromatic carbocycles. The van der Waals surface area contributed by atoms with Crippen LogP contribution in [-0.4, -0.2) is 40.0 Å². The fourth-order valence-electron chi connectivity index (χ4n) is 1.03. The second kappa shape index (κ2) is 5.31. The molecule has 1 aliphatic rings. The molecule has 0 saturated carbocycles. The smallest absolute Gasteiger partial charge is 0.307 e. The van der Waals surface area contributed by atoms with Crippen LogP contribution in [0.3, 0.4) is 0 Å². The quantitative estimate of drug-likeness (QED) is 0.531. The van der Waals surface area contributed by atoms with E-state index in [9.17, 15) is 9.59 Å². The molecule has 1 fully saturated rings. The van der Waals surface area contributed by atoms with Crippen LogP contribution in [0.4, 0.5) is 0 Å². The average molecular weight is 233 g/mol. The second-order valence-electron chi connectivity index (χ2n) is 2.65. The lowest BCUT2D eigenvalue weighted by molar-refractivity contribution is -0.143. The number of thiocarbonyl (C=S) groups is 1. The highest BCUT2D eigenvalue weighted by molar-refractivity contribution is 8.23. The summed E-state index contributed by atoms with van der Waals surface area (Å²) in [5.74, 6) is 0.0751. The Hall–Kier alpha value is -0.620. The van der Waals surface area contributed by atoms with Gasteiger partial charge in [0.25, 0.3) is 0 Å². The normalized spacial score (nSPS) is 16.2. The first-order valence-electron chi connectivity index (χ1n) is 4.28. The maximum absolute atomic E-state index is 11.2. The van der Waals surface area contributed by atoms with E-state index in [0.717, 1.165) is 0 Å². The zero-order valence-corrected chi connectivity index (χ0v) is 9.45. The fraction of sp³-hybridized carbons (Fsp3) is 0.625. The van der Waals surface area contributed by atoms with Gasteiger partial charge in [-0.3, -0.25) is 14.5 Å². The topological polar surface area (TPSA) is 46.6 Å². The van der Waals surface area contributed by atoms with E-state index in [1.54, 1.807) is 6.92 Å². The number of hydrogen-bond donors (Lipinski definition) is 0. The molecule has 1 rings (SSSR count). The molecule has 1 saturated heterocycles. The predicted octanol–water partition coefficient (Wildman–Crippen LogP) is 0.800. The van der Waals surface area contributed by atoms with Crippen molar-refractivity contribution in [3.63, 3.8) is 0 Å². The van der Waals surface area contributed by atoms with E-state index in [0.29, 0.717) is 23.2 Å². The Bertz CT molecular complexity index is 251. The van der Waals surface area contributed by atoms with E-state index >= 15 is 0 Å². The van der Waals surface area contributed by atoms with E-state index in [4.69, 9.17) is 17.0 Å². The molecule has 1 heterocycles. The summed E-state index contributed by atoms with van der Waals surface area (Å²) in [6.07, 6.45) is 0.209. The summed E-state index contributed by atoms with van der Waals surface area (Å²) in [5, 5.41) is 0. The van der Waals surface area contributed by atoms with E-state index in [1.807, 2.05) is 0 Å². The van der Waals surface area contributed by atoms with Crippen LogP contribution in [0.25, 0.3) is 0 Å². The molecular formula is C8H11NO3S2. The molecule has 0 aromatic rings. The Morgan fingerprint density at radius 2 is 2.43 bits per heavy atom. The van der Waals surface area contributed by atoms with Crippen LogP contribution in [-0.2, 0) is 14.3 Å². The monoisotopic (exact) mass is 233 g/mol. The van der Waals surface area contributed by atoms with Gasteiger partial charge in [-0.25, -0.2) is 0 Å².